The van der Waals surface area contributed by atoms with E-state index in [1.165, 1.54) is 11.6 Å². The van der Waals surface area contributed by atoms with E-state index >= 15 is 0 Å². The second-order valence-corrected chi connectivity index (χ2v) is 7.24. The van der Waals surface area contributed by atoms with E-state index in [4.69, 9.17) is 5.73 Å². The first kappa shape index (κ1) is 23.7. The van der Waals surface area contributed by atoms with E-state index in [1.54, 1.807) is 6.92 Å². The summed E-state index contributed by atoms with van der Waals surface area (Å²) in [4.78, 5) is 15.5. The van der Waals surface area contributed by atoms with Gasteiger partial charge in [-0.25, -0.2) is 13.8 Å². The number of anilines is 1. The molecule has 0 aliphatic carbocycles. The molecule has 2 rings (SSSR count). The Morgan fingerprint density at radius 1 is 1.46 bits per heavy atom. The average molecular weight is 408 g/mol. The van der Waals surface area contributed by atoms with Crippen molar-refractivity contribution in [2.45, 2.75) is 33.1 Å². The van der Waals surface area contributed by atoms with E-state index < -0.39 is 5.92 Å². The molecule has 0 aliphatic rings. The fourth-order valence-corrected chi connectivity index (χ4v) is 3.53. The van der Waals surface area contributed by atoms with E-state index in [2.05, 4.69) is 23.0 Å². The van der Waals surface area contributed by atoms with Gasteiger partial charge in [0.15, 0.2) is 6.29 Å². The Kier molecular flexibility index (Phi) is 9.15. The van der Waals surface area contributed by atoms with E-state index in [-0.39, 0.29) is 21.5 Å². The highest BCUT2D eigenvalue weighted by molar-refractivity contribution is 7.20. The maximum Gasteiger partial charge on any atom is 0.271 e. The Morgan fingerprint density at radius 3 is 2.64 bits per heavy atom. The van der Waals surface area contributed by atoms with Gasteiger partial charge in [0.05, 0.1) is 10.6 Å². The van der Waals surface area contributed by atoms with Crippen LogP contribution in [0.5, 0.6) is 0 Å². The van der Waals surface area contributed by atoms with Gasteiger partial charge in [-0.1, -0.05) is 30.9 Å². The third-order valence-electron chi connectivity index (χ3n) is 3.81. The number of nitrogen functional groups attached to an aromatic ring is 1. The number of carbonyl (C=O) groups excluding carboxylic acids is 1. The summed E-state index contributed by atoms with van der Waals surface area (Å²) in [6.45, 7) is 9.14. The van der Waals surface area contributed by atoms with Gasteiger partial charge in [-0.3, -0.25) is 4.79 Å². The number of aldehydes is 1. The molecule has 4 nitrogen and oxygen atoms in total. The number of nitrogens with one attached hydrogen (secondary N) is 1. The minimum atomic E-state index is -3.01. The Labute approximate surface area is 168 Å². The molecule has 7 heteroatoms. The molecule has 152 valence electrons. The molecule has 0 amide bonds. The zero-order chi connectivity index (χ0) is 21.3. The number of fused-ring (bicyclic) bond motifs is 1. The summed E-state index contributed by atoms with van der Waals surface area (Å²) in [7, 11) is 1.96. The van der Waals surface area contributed by atoms with Crippen LogP contribution in [0.15, 0.2) is 42.5 Å². The number of carbonyl (C=O) groups is 1. The Bertz CT molecular complexity index is 880. The quantitative estimate of drug-likeness (QED) is 0.477. The van der Waals surface area contributed by atoms with Crippen molar-refractivity contribution < 1.29 is 13.6 Å². The molecule has 0 aliphatic heterocycles. The lowest BCUT2D eigenvalue weighted by Gasteiger charge is -2.13. The SMILES string of the molecule is C=C/C=C(\C=C/C)CCNC.Cc1cc(C(C)(F)F)c2c(N)c(C=O)sc2n1. The maximum absolute atomic E-state index is 13.5. The Morgan fingerprint density at radius 2 is 2.14 bits per heavy atom. The number of nitrogens with two attached hydrogens (primary N) is 1. The van der Waals surface area contributed by atoms with Gasteiger partial charge < -0.3 is 11.1 Å². The molecule has 0 fully saturated rings. The molecule has 0 radical (unpaired) electrons. The standard InChI is InChI=1S/C11H10F2N2OS.C10H17N/c1-5-3-6(11(2,12)13)8-9(14)7(4-16)17-10(8)15-5;1-4-6-10(7-5-2)8-9-11-3/h3-4H,14H2,1-2H3;4-7,11H,1,8-9H2,2-3H3/b;7-5-,10-6+. The minimum absolute atomic E-state index is 0.0871. The molecular formula is C21H27F2N3OS. The van der Waals surface area contributed by atoms with Crippen LogP contribution in [0.3, 0.4) is 0 Å². The van der Waals surface area contributed by atoms with Crippen molar-refractivity contribution >= 4 is 33.5 Å². The van der Waals surface area contributed by atoms with Gasteiger partial charge in [0.25, 0.3) is 5.92 Å². The molecule has 2 aromatic rings. The number of thiophene rings is 1. The molecule has 2 aromatic heterocycles. The molecule has 0 aromatic carbocycles. The number of aromatic nitrogens is 1. The third kappa shape index (κ3) is 6.35. The van der Waals surface area contributed by atoms with Crippen molar-refractivity contribution in [1.82, 2.24) is 10.3 Å². The monoisotopic (exact) mass is 407 g/mol. The van der Waals surface area contributed by atoms with Crippen LogP contribution in [-0.4, -0.2) is 24.9 Å². The van der Waals surface area contributed by atoms with Crippen molar-refractivity contribution in [3.05, 3.63) is 58.7 Å². The molecule has 0 bridgehead atoms. The largest absolute Gasteiger partial charge is 0.397 e. The molecule has 28 heavy (non-hydrogen) atoms. The van der Waals surface area contributed by atoms with Gasteiger partial charge in [0, 0.05) is 23.6 Å². The van der Waals surface area contributed by atoms with Gasteiger partial charge in [-0.05, 0) is 45.5 Å². The zero-order valence-electron chi connectivity index (χ0n) is 16.7. The second kappa shape index (κ2) is 10.8. The number of alkyl halides is 2. The molecule has 0 unspecified atom stereocenters. The number of hydrogen-bond donors (Lipinski definition) is 2. The predicted molar refractivity (Wildman–Crippen MR) is 115 cm³/mol. The van der Waals surface area contributed by atoms with Gasteiger partial charge in [0.2, 0.25) is 0 Å². The van der Waals surface area contributed by atoms with Crippen LogP contribution in [0, 0.1) is 6.92 Å². The number of rotatable bonds is 7. The number of allylic oxidation sites excluding steroid dienone is 4. The summed E-state index contributed by atoms with van der Waals surface area (Å²) in [5.74, 6) is -3.01. The lowest BCUT2D eigenvalue weighted by atomic mass is 10.1. The fourth-order valence-electron chi connectivity index (χ4n) is 2.55. The van der Waals surface area contributed by atoms with Crippen molar-refractivity contribution in [3.63, 3.8) is 0 Å². The van der Waals surface area contributed by atoms with Gasteiger partial charge in [-0.15, -0.1) is 11.3 Å². The molecular weight excluding hydrogens is 380 g/mol. The highest BCUT2D eigenvalue weighted by atomic mass is 32.1. The Hall–Kier alpha value is -2.38. The first-order valence-electron chi connectivity index (χ1n) is 8.81. The molecule has 2 heterocycles. The number of nitrogens with zero attached hydrogens (tertiary/aromatic N) is 1. The first-order chi connectivity index (χ1) is 13.2. The van der Waals surface area contributed by atoms with Crippen molar-refractivity contribution in [3.8, 4) is 0 Å². The van der Waals surface area contributed by atoms with Crippen LogP contribution in [-0.2, 0) is 5.92 Å². The van der Waals surface area contributed by atoms with Crippen LogP contribution in [0.2, 0.25) is 0 Å². The summed E-state index contributed by atoms with van der Waals surface area (Å²) in [6, 6.07) is 1.31. The lowest BCUT2D eigenvalue weighted by molar-refractivity contribution is 0.0190. The van der Waals surface area contributed by atoms with E-state index in [9.17, 15) is 13.6 Å². The fraction of sp³-hybridized carbons (Fsp3) is 0.333. The highest BCUT2D eigenvalue weighted by Crippen LogP contribution is 2.40. The molecule has 3 N–H and O–H groups in total. The Balaban J connectivity index is 0.000000311. The highest BCUT2D eigenvalue weighted by Gasteiger charge is 2.30. The summed E-state index contributed by atoms with van der Waals surface area (Å²) < 4.78 is 27.0. The van der Waals surface area contributed by atoms with Crippen molar-refractivity contribution in [1.29, 1.82) is 0 Å². The second-order valence-electron chi connectivity index (χ2n) is 6.21. The maximum atomic E-state index is 13.5. The first-order valence-corrected chi connectivity index (χ1v) is 9.63. The third-order valence-corrected chi connectivity index (χ3v) is 4.84. The number of aryl methyl sites for hydroxylation is 1. The lowest BCUT2D eigenvalue weighted by Crippen LogP contribution is -2.09. The van der Waals surface area contributed by atoms with Gasteiger partial charge in [-0.2, -0.15) is 0 Å². The number of hydrogen-bond acceptors (Lipinski definition) is 5. The van der Waals surface area contributed by atoms with Crippen LogP contribution < -0.4 is 11.1 Å². The summed E-state index contributed by atoms with van der Waals surface area (Å²) in [6.07, 6.45) is 9.65. The van der Waals surface area contributed by atoms with Crippen molar-refractivity contribution in [2.75, 3.05) is 19.3 Å². The molecule has 0 saturated heterocycles. The van der Waals surface area contributed by atoms with Crippen LogP contribution in [0.1, 0.15) is 41.2 Å². The minimum Gasteiger partial charge on any atom is -0.397 e. The molecule has 0 atom stereocenters. The predicted octanol–water partition coefficient (Wildman–Crippen LogP) is 5.40. The van der Waals surface area contributed by atoms with Crippen LogP contribution in [0.25, 0.3) is 10.2 Å². The van der Waals surface area contributed by atoms with Gasteiger partial charge >= 0.3 is 0 Å². The topological polar surface area (TPSA) is 68.0 Å². The summed E-state index contributed by atoms with van der Waals surface area (Å²) in [5, 5.41) is 3.30. The summed E-state index contributed by atoms with van der Waals surface area (Å²) >= 11 is 1.03. The van der Waals surface area contributed by atoms with Crippen molar-refractivity contribution in [2.24, 2.45) is 0 Å². The van der Waals surface area contributed by atoms with E-state index in [1.807, 2.05) is 32.2 Å². The zero-order valence-corrected chi connectivity index (χ0v) is 17.5. The van der Waals surface area contributed by atoms with Gasteiger partial charge in [0.1, 0.15) is 4.83 Å². The molecule has 0 saturated carbocycles. The molecule has 0 spiro atoms. The summed E-state index contributed by atoms with van der Waals surface area (Å²) in [5.41, 5.74) is 7.41. The number of pyridine rings is 1. The smallest absolute Gasteiger partial charge is 0.271 e. The van der Waals surface area contributed by atoms with E-state index in [0.717, 1.165) is 31.2 Å². The van der Waals surface area contributed by atoms with Crippen LogP contribution >= 0.6 is 11.3 Å². The average Bonchev–Trinajstić information content (AvgIpc) is 2.94. The van der Waals surface area contributed by atoms with Crippen LogP contribution in [0.4, 0.5) is 14.5 Å². The normalized spacial score (nSPS) is 12.1. The number of halogens is 2. The van der Waals surface area contributed by atoms with E-state index in [0.29, 0.717) is 16.8 Å².